The second kappa shape index (κ2) is 12.0. The quantitative estimate of drug-likeness (QED) is 0.168. The number of benzene rings is 7. The highest BCUT2D eigenvalue weighted by atomic mass is 15.1. The first-order valence-corrected chi connectivity index (χ1v) is 19.0. The van der Waals surface area contributed by atoms with E-state index in [1.54, 1.807) is 0 Å². The smallest absolute Gasteiger partial charge is 0.0725 e. The zero-order valence-corrected chi connectivity index (χ0v) is 31.0. The molecule has 0 saturated heterocycles. The lowest BCUT2D eigenvalue weighted by atomic mass is 9.70. The minimum absolute atomic E-state index is 0.182. The molecule has 10 rings (SSSR count). The highest BCUT2D eigenvalue weighted by Crippen LogP contribution is 2.63. The first kappa shape index (κ1) is 32.2. The Morgan fingerprint density at radius 2 is 1.00 bits per heavy atom. The first-order valence-electron chi connectivity index (χ1n) is 19.0. The van der Waals surface area contributed by atoms with Gasteiger partial charge in [0.05, 0.1) is 11.1 Å². The van der Waals surface area contributed by atoms with Gasteiger partial charge in [-0.2, -0.15) is 0 Å². The van der Waals surface area contributed by atoms with Crippen molar-refractivity contribution < 1.29 is 0 Å². The Morgan fingerprint density at radius 1 is 0.481 bits per heavy atom. The van der Waals surface area contributed by atoms with Gasteiger partial charge in [0.2, 0.25) is 0 Å². The minimum Gasteiger partial charge on any atom is -0.310 e. The van der Waals surface area contributed by atoms with Gasteiger partial charge in [-0.05, 0) is 110 Å². The van der Waals surface area contributed by atoms with E-state index in [2.05, 4.69) is 208 Å². The molecular formula is C53H41N. The second-order valence-electron chi connectivity index (χ2n) is 15.2. The van der Waals surface area contributed by atoms with Gasteiger partial charge in [-0.25, -0.2) is 0 Å². The van der Waals surface area contributed by atoms with E-state index in [0.717, 1.165) is 17.1 Å². The van der Waals surface area contributed by atoms with Crippen LogP contribution in [0.15, 0.2) is 194 Å². The van der Waals surface area contributed by atoms with Gasteiger partial charge < -0.3 is 4.90 Å². The molecule has 0 saturated carbocycles. The van der Waals surface area contributed by atoms with E-state index in [4.69, 9.17) is 0 Å². The minimum atomic E-state index is -0.377. The molecule has 0 N–H and O–H groups in total. The van der Waals surface area contributed by atoms with Crippen molar-refractivity contribution in [1.29, 1.82) is 0 Å². The van der Waals surface area contributed by atoms with E-state index in [-0.39, 0.29) is 10.8 Å². The van der Waals surface area contributed by atoms with Crippen molar-refractivity contribution in [3.05, 3.63) is 228 Å². The maximum Gasteiger partial charge on any atom is 0.0725 e. The van der Waals surface area contributed by atoms with Crippen LogP contribution in [0.4, 0.5) is 17.1 Å². The standard InChI is InChI=1S/C53H41N/c1-5-18-45-38(6-2)43-31-29-37(34-50(43)52(45,3)4)54(51-28-17-13-21-39(51)35-19-8-7-9-20-35)36-30-32-49-44(33-36)42-24-12-16-27-48(42)53(49)46-25-14-10-22-40(46)41-23-11-15-26-47(41)53/h5-34H,2H2,1,3-4H3/b18-5-. The van der Waals surface area contributed by atoms with Crippen molar-refractivity contribution in [2.75, 3.05) is 4.90 Å². The molecule has 0 unspecified atom stereocenters. The molecule has 1 heteroatoms. The molecule has 0 bridgehead atoms. The van der Waals surface area contributed by atoms with Gasteiger partial charge >= 0.3 is 0 Å². The highest BCUT2D eigenvalue weighted by molar-refractivity contribution is 5.98. The summed E-state index contributed by atoms with van der Waals surface area (Å²) in [4.78, 5) is 2.48. The third-order valence-electron chi connectivity index (χ3n) is 12.2. The summed E-state index contributed by atoms with van der Waals surface area (Å²) in [7, 11) is 0. The normalized spacial score (nSPS) is 15.2. The number of allylic oxidation sites excluding steroid dienone is 5. The zero-order chi connectivity index (χ0) is 36.6. The summed E-state index contributed by atoms with van der Waals surface area (Å²) in [5.41, 5.74) is 20.9. The molecule has 3 aliphatic rings. The molecule has 0 fully saturated rings. The molecule has 0 aliphatic heterocycles. The zero-order valence-electron chi connectivity index (χ0n) is 31.0. The SMILES string of the molecule is C=CC1=C(/C=C\C)C(C)(C)c2cc(N(c3ccc4c(c3)-c3ccccc3C43c4ccccc4-c4ccccc43)c3ccccc3-c3ccccc3)ccc21. The number of fused-ring (bicyclic) bond motifs is 11. The number of hydrogen-bond donors (Lipinski definition) is 0. The van der Waals surface area contributed by atoms with Gasteiger partial charge in [-0.3, -0.25) is 0 Å². The highest BCUT2D eigenvalue weighted by Gasteiger charge is 2.51. The van der Waals surface area contributed by atoms with Crippen molar-refractivity contribution >= 4 is 22.6 Å². The summed E-state index contributed by atoms with van der Waals surface area (Å²) >= 11 is 0. The number of hydrogen-bond acceptors (Lipinski definition) is 1. The van der Waals surface area contributed by atoms with Crippen LogP contribution < -0.4 is 4.90 Å². The molecule has 3 aliphatic carbocycles. The topological polar surface area (TPSA) is 3.24 Å². The van der Waals surface area contributed by atoms with E-state index in [9.17, 15) is 0 Å². The van der Waals surface area contributed by atoms with E-state index < -0.39 is 0 Å². The average Bonchev–Trinajstić information content (AvgIpc) is 3.77. The van der Waals surface area contributed by atoms with Crippen LogP contribution in [0.1, 0.15) is 54.2 Å². The lowest BCUT2D eigenvalue weighted by Crippen LogP contribution is -2.25. The van der Waals surface area contributed by atoms with Gasteiger partial charge in [0.15, 0.2) is 0 Å². The predicted molar refractivity (Wildman–Crippen MR) is 228 cm³/mol. The molecule has 54 heavy (non-hydrogen) atoms. The molecule has 0 heterocycles. The van der Waals surface area contributed by atoms with Gasteiger partial charge in [0.1, 0.15) is 0 Å². The Balaban J connectivity index is 1.23. The maximum absolute atomic E-state index is 4.25. The van der Waals surface area contributed by atoms with Crippen molar-refractivity contribution in [3.8, 4) is 33.4 Å². The van der Waals surface area contributed by atoms with Crippen LogP contribution >= 0.6 is 0 Å². The molecule has 0 radical (unpaired) electrons. The van der Waals surface area contributed by atoms with Gasteiger partial charge in [0.25, 0.3) is 0 Å². The van der Waals surface area contributed by atoms with E-state index in [0.29, 0.717) is 0 Å². The van der Waals surface area contributed by atoms with Crippen LogP contribution in [0.3, 0.4) is 0 Å². The second-order valence-corrected chi connectivity index (χ2v) is 15.2. The lowest BCUT2D eigenvalue weighted by Gasteiger charge is -2.32. The summed E-state index contributed by atoms with van der Waals surface area (Å²) in [6.07, 6.45) is 6.43. The molecule has 7 aromatic carbocycles. The number of rotatable bonds is 6. The number of para-hydroxylation sites is 1. The van der Waals surface area contributed by atoms with E-state index >= 15 is 0 Å². The fourth-order valence-electron chi connectivity index (χ4n) is 9.92. The molecule has 1 nitrogen and oxygen atoms in total. The van der Waals surface area contributed by atoms with Crippen LogP contribution in [0.2, 0.25) is 0 Å². The maximum atomic E-state index is 4.25. The van der Waals surface area contributed by atoms with Gasteiger partial charge in [0, 0.05) is 22.4 Å². The first-order chi connectivity index (χ1) is 26.5. The molecule has 7 aromatic rings. The molecule has 0 aromatic heterocycles. The molecule has 1 spiro atoms. The Morgan fingerprint density at radius 3 is 1.63 bits per heavy atom. The van der Waals surface area contributed by atoms with Crippen LogP contribution in [0, 0.1) is 0 Å². The van der Waals surface area contributed by atoms with Crippen molar-refractivity contribution in [3.63, 3.8) is 0 Å². The van der Waals surface area contributed by atoms with Crippen LogP contribution in [-0.4, -0.2) is 0 Å². The predicted octanol–water partition coefficient (Wildman–Crippen LogP) is 14.0. The largest absolute Gasteiger partial charge is 0.310 e. The summed E-state index contributed by atoms with van der Waals surface area (Å²) in [6, 6.07) is 61.0. The fourth-order valence-corrected chi connectivity index (χ4v) is 9.92. The Labute approximate surface area is 318 Å². The summed E-state index contributed by atoms with van der Waals surface area (Å²) in [5, 5.41) is 0. The van der Waals surface area contributed by atoms with Crippen molar-refractivity contribution in [2.24, 2.45) is 0 Å². The third-order valence-corrected chi connectivity index (χ3v) is 12.2. The van der Waals surface area contributed by atoms with Crippen LogP contribution in [0.5, 0.6) is 0 Å². The molecule has 0 atom stereocenters. The molecule has 0 amide bonds. The van der Waals surface area contributed by atoms with Crippen molar-refractivity contribution in [2.45, 2.75) is 31.6 Å². The van der Waals surface area contributed by atoms with E-state index in [1.165, 1.54) is 77.9 Å². The summed E-state index contributed by atoms with van der Waals surface area (Å²) < 4.78 is 0. The lowest BCUT2D eigenvalue weighted by molar-refractivity contribution is 0.654. The van der Waals surface area contributed by atoms with Gasteiger partial charge in [-0.1, -0.05) is 172 Å². The molecular weight excluding hydrogens is 651 g/mol. The summed E-state index contributed by atoms with van der Waals surface area (Å²) in [6.45, 7) is 11.0. The van der Waals surface area contributed by atoms with Crippen LogP contribution in [-0.2, 0) is 10.8 Å². The Hall–Kier alpha value is -6.44. The third kappa shape index (κ3) is 4.33. The number of anilines is 3. The fraction of sp³-hybridized carbons (Fsp3) is 0.0943. The van der Waals surface area contributed by atoms with Crippen LogP contribution in [0.25, 0.3) is 39.0 Å². The number of nitrogens with zero attached hydrogens (tertiary/aromatic N) is 1. The Kier molecular flexibility index (Phi) is 7.19. The van der Waals surface area contributed by atoms with Gasteiger partial charge in [-0.15, -0.1) is 0 Å². The average molecular weight is 692 g/mol. The summed E-state index contributed by atoms with van der Waals surface area (Å²) in [5.74, 6) is 0. The Bertz CT molecular complexity index is 2680. The van der Waals surface area contributed by atoms with E-state index in [1.807, 2.05) is 6.08 Å². The molecule has 258 valence electrons. The monoisotopic (exact) mass is 691 g/mol. The van der Waals surface area contributed by atoms with Crippen molar-refractivity contribution in [1.82, 2.24) is 0 Å².